The summed E-state index contributed by atoms with van der Waals surface area (Å²) in [5, 5.41) is 3.63. The molecular formula is C14H15BrOS. The molecule has 0 N–H and O–H groups in total. The third-order valence-electron chi connectivity index (χ3n) is 3.35. The Balaban J connectivity index is 1.92. The number of rotatable bonds is 2. The Bertz CT molecular complexity index is 502. The van der Waals surface area contributed by atoms with Crippen molar-refractivity contribution in [2.75, 3.05) is 6.61 Å². The zero-order valence-electron chi connectivity index (χ0n) is 9.56. The van der Waals surface area contributed by atoms with Crippen LogP contribution in [0.4, 0.5) is 0 Å². The monoisotopic (exact) mass is 310 g/mol. The lowest BCUT2D eigenvalue weighted by molar-refractivity contribution is 0.0163. The van der Waals surface area contributed by atoms with Crippen molar-refractivity contribution < 1.29 is 4.74 Å². The minimum Gasteiger partial charge on any atom is -0.377 e. The van der Waals surface area contributed by atoms with Crippen LogP contribution in [-0.2, 0) is 4.74 Å². The van der Waals surface area contributed by atoms with E-state index in [1.165, 1.54) is 34.9 Å². The second kappa shape index (κ2) is 5.09. The lowest BCUT2D eigenvalue weighted by Gasteiger charge is -2.26. The van der Waals surface area contributed by atoms with Gasteiger partial charge in [0, 0.05) is 11.3 Å². The minimum atomic E-state index is 0.332. The molecule has 1 saturated heterocycles. The predicted octanol–water partition coefficient (Wildman–Crippen LogP) is 4.91. The second-order valence-electron chi connectivity index (χ2n) is 4.49. The summed E-state index contributed by atoms with van der Waals surface area (Å²) >= 11 is 5.65. The van der Waals surface area contributed by atoms with Crippen molar-refractivity contribution in [1.29, 1.82) is 0 Å². The Morgan fingerprint density at radius 3 is 3.00 bits per heavy atom. The van der Waals surface area contributed by atoms with E-state index in [0.717, 1.165) is 6.61 Å². The Kier molecular flexibility index (Phi) is 3.50. The van der Waals surface area contributed by atoms with Crippen molar-refractivity contribution in [3.8, 4) is 0 Å². The van der Waals surface area contributed by atoms with Gasteiger partial charge >= 0.3 is 0 Å². The van der Waals surface area contributed by atoms with E-state index < -0.39 is 0 Å². The fraction of sp³-hybridized carbons (Fsp3) is 0.429. The molecule has 1 aliphatic rings. The van der Waals surface area contributed by atoms with Gasteiger partial charge in [0.05, 0.1) is 10.9 Å². The molecule has 90 valence electrons. The highest BCUT2D eigenvalue weighted by Crippen LogP contribution is 2.39. The predicted molar refractivity (Wildman–Crippen MR) is 77.1 cm³/mol. The van der Waals surface area contributed by atoms with E-state index in [-0.39, 0.29) is 0 Å². The van der Waals surface area contributed by atoms with E-state index in [2.05, 4.69) is 45.6 Å². The molecule has 0 bridgehead atoms. The van der Waals surface area contributed by atoms with Gasteiger partial charge in [-0.05, 0) is 41.7 Å². The Hall–Kier alpha value is -0.380. The zero-order chi connectivity index (χ0) is 11.7. The van der Waals surface area contributed by atoms with Gasteiger partial charge in [0.1, 0.15) is 0 Å². The molecule has 2 atom stereocenters. The molecule has 3 heteroatoms. The van der Waals surface area contributed by atoms with Crippen LogP contribution in [0.25, 0.3) is 10.1 Å². The average molecular weight is 311 g/mol. The molecule has 1 aromatic heterocycles. The highest BCUT2D eigenvalue weighted by molar-refractivity contribution is 9.09. The highest BCUT2D eigenvalue weighted by atomic mass is 79.9. The van der Waals surface area contributed by atoms with E-state index in [0.29, 0.717) is 10.9 Å². The maximum absolute atomic E-state index is 5.87. The van der Waals surface area contributed by atoms with Crippen LogP contribution in [0.5, 0.6) is 0 Å². The lowest BCUT2D eigenvalue weighted by Crippen LogP contribution is -2.23. The van der Waals surface area contributed by atoms with Gasteiger partial charge in [-0.2, -0.15) is 0 Å². The van der Waals surface area contributed by atoms with Gasteiger partial charge in [0.2, 0.25) is 0 Å². The maximum Gasteiger partial charge on any atom is 0.0741 e. The zero-order valence-corrected chi connectivity index (χ0v) is 12.0. The second-order valence-corrected chi connectivity index (χ2v) is 6.39. The van der Waals surface area contributed by atoms with Crippen LogP contribution >= 0.6 is 27.3 Å². The topological polar surface area (TPSA) is 9.23 Å². The summed E-state index contributed by atoms with van der Waals surface area (Å²) in [6.45, 7) is 0.912. The molecule has 0 amide bonds. The van der Waals surface area contributed by atoms with Gasteiger partial charge in [-0.3, -0.25) is 0 Å². The largest absolute Gasteiger partial charge is 0.377 e. The lowest BCUT2D eigenvalue weighted by atomic mass is 10.0. The summed E-state index contributed by atoms with van der Waals surface area (Å²) in [6.07, 6.45) is 4.00. The van der Waals surface area contributed by atoms with Crippen LogP contribution in [0, 0.1) is 0 Å². The third-order valence-corrected chi connectivity index (χ3v) is 5.41. The molecule has 17 heavy (non-hydrogen) atoms. The summed E-state index contributed by atoms with van der Waals surface area (Å²) in [5.41, 5.74) is 1.39. The molecule has 0 radical (unpaired) electrons. The molecule has 1 aliphatic heterocycles. The van der Waals surface area contributed by atoms with E-state index in [1.807, 2.05) is 11.3 Å². The summed E-state index contributed by atoms with van der Waals surface area (Å²) in [5.74, 6) is 0. The van der Waals surface area contributed by atoms with Gasteiger partial charge < -0.3 is 4.74 Å². The van der Waals surface area contributed by atoms with E-state index in [1.54, 1.807) is 0 Å². The summed E-state index contributed by atoms with van der Waals surface area (Å²) in [7, 11) is 0. The summed E-state index contributed by atoms with van der Waals surface area (Å²) in [6, 6.07) is 8.60. The van der Waals surface area contributed by atoms with Crippen LogP contribution in [0.3, 0.4) is 0 Å². The molecule has 1 nitrogen and oxygen atoms in total. The molecule has 2 heterocycles. The van der Waals surface area contributed by atoms with Crippen molar-refractivity contribution in [3.63, 3.8) is 0 Å². The highest BCUT2D eigenvalue weighted by Gasteiger charge is 2.25. The number of ether oxygens (including phenoxy) is 1. The first-order valence-electron chi connectivity index (χ1n) is 6.08. The number of benzene rings is 1. The van der Waals surface area contributed by atoms with E-state index in [9.17, 15) is 0 Å². The Labute approximate surface area is 114 Å². The van der Waals surface area contributed by atoms with Crippen LogP contribution in [-0.4, -0.2) is 12.7 Å². The van der Waals surface area contributed by atoms with E-state index >= 15 is 0 Å². The van der Waals surface area contributed by atoms with Crippen LogP contribution in [0.15, 0.2) is 29.6 Å². The normalized spacial score (nSPS) is 22.8. The maximum atomic E-state index is 5.87. The minimum absolute atomic E-state index is 0.332. The fourth-order valence-corrected chi connectivity index (χ4v) is 4.38. The molecule has 0 saturated carbocycles. The smallest absolute Gasteiger partial charge is 0.0741 e. The van der Waals surface area contributed by atoms with Gasteiger partial charge in [-0.25, -0.2) is 0 Å². The SMILES string of the molecule is BrC(c1csc2ccccc12)C1CCCCO1. The number of fused-ring (bicyclic) bond motifs is 1. The van der Waals surface area contributed by atoms with Gasteiger partial charge in [-0.15, -0.1) is 11.3 Å². The molecule has 1 fully saturated rings. The van der Waals surface area contributed by atoms with Gasteiger partial charge in [0.25, 0.3) is 0 Å². The fourth-order valence-electron chi connectivity index (χ4n) is 2.41. The third kappa shape index (κ3) is 2.28. The van der Waals surface area contributed by atoms with Crippen molar-refractivity contribution in [3.05, 3.63) is 35.2 Å². The van der Waals surface area contributed by atoms with E-state index in [4.69, 9.17) is 4.74 Å². The first-order valence-corrected chi connectivity index (χ1v) is 7.87. The standard InChI is InChI=1S/C14H15BrOS/c15-14(12-6-3-4-8-16-12)11-9-17-13-7-2-1-5-10(11)13/h1-2,5,7,9,12,14H,3-4,6,8H2. The van der Waals surface area contributed by atoms with Gasteiger partial charge in [-0.1, -0.05) is 34.1 Å². The molecular weight excluding hydrogens is 296 g/mol. The number of halogens is 1. The first kappa shape index (κ1) is 11.7. The molecule has 0 spiro atoms. The molecule has 3 rings (SSSR count). The number of hydrogen-bond donors (Lipinski definition) is 0. The van der Waals surface area contributed by atoms with Crippen LogP contribution < -0.4 is 0 Å². The van der Waals surface area contributed by atoms with Crippen molar-refractivity contribution in [2.45, 2.75) is 30.2 Å². The van der Waals surface area contributed by atoms with Crippen molar-refractivity contribution in [1.82, 2.24) is 0 Å². The number of thiophene rings is 1. The quantitative estimate of drug-likeness (QED) is 0.716. The Morgan fingerprint density at radius 1 is 1.29 bits per heavy atom. The van der Waals surface area contributed by atoms with Crippen LogP contribution in [0.2, 0.25) is 0 Å². The number of hydrogen-bond acceptors (Lipinski definition) is 2. The average Bonchev–Trinajstić information content (AvgIpc) is 2.83. The first-order chi connectivity index (χ1) is 8.36. The molecule has 2 aromatic rings. The molecule has 2 unspecified atom stereocenters. The van der Waals surface area contributed by atoms with Gasteiger partial charge in [0.15, 0.2) is 0 Å². The molecule has 1 aromatic carbocycles. The summed E-state index contributed by atoms with van der Waals surface area (Å²) < 4.78 is 7.23. The molecule has 0 aliphatic carbocycles. The summed E-state index contributed by atoms with van der Waals surface area (Å²) in [4.78, 5) is 0.332. The van der Waals surface area contributed by atoms with Crippen molar-refractivity contribution >= 4 is 37.4 Å². The van der Waals surface area contributed by atoms with Crippen molar-refractivity contribution in [2.24, 2.45) is 0 Å². The number of alkyl halides is 1. The Morgan fingerprint density at radius 2 is 2.18 bits per heavy atom. The van der Waals surface area contributed by atoms with Crippen LogP contribution in [0.1, 0.15) is 29.7 Å².